The minimum atomic E-state index is -0.285. The maximum Gasteiger partial charge on any atom is 0.255 e. The molecule has 2 amide bonds. The SMILES string of the molecule is Cc1[nH]ncc1C(=O)N[C@@H]1CCC(=O)N(C)[C@H]1c1nccn1C. The lowest BCUT2D eigenvalue weighted by molar-refractivity contribution is -0.136. The first-order valence-corrected chi connectivity index (χ1v) is 7.52. The molecular weight excluding hydrogens is 296 g/mol. The molecule has 0 spiro atoms. The smallest absolute Gasteiger partial charge is 0.255 e. The van der Waals surface area contributed by atoms with Gasteiger partial charge in [0.1, 0.15) is 11.9 Å². The highest BCUT2D eigenvalue weighted by Crippen LogP contribution is 2.29. The van der Waals surface area contributed by atoms with Crippen molar-refractivity contribution < 1.29 is 9.59 Å². The molecule has 0 bridgehead atoms. The van der Waals surface area contributed by atoms with Gasteiger partial charge in [0.15, 0.2) is 0 Å². The number of H-pyrrole nitrogens is 1. The number of nitrogens with one attached hydrogen (secondary N) is 2. The van der Waals surface area contributed by atoms with Gasteiger partial charge in [0.25, 0.3) is 5.91 Å². The predicted molar refractivity (Wildman–Crippen MR) is 82.5 cm³/mol. The lowest BCUT2D eigenvalue weighted by atomic mass is 9.95. The van der Waals surface area contributed by atoms with E-state index in [-0.39, 0.29) is 23.9 Å². The Morgan fingerprint density at radius 3 is 2.83 bits per heavy atom. The van der Waals surface area contributed by atoms with E-state index in [0.29, 0.717) is 18.4 Å². The number of likely N-dealkylation sites (N-methyl/N-ethyl adjacent to an activating group) is 1. The summed E-state index contributed by atoms with van der Waals surface area (Å²) in [7, 11) is 3.64. The van der Waals surface area contributed by atoms with Crippen LogP contribution in [-0.2, 0) is 11.8 Å². The monoisotopic (exact) mass is 316 g/mol. The second-order valence-corrected chi connectivity index (χ2v) is 5.87. The number of likely N-dealkylation sites (tertiary alicyclic amines) is 1. The van der Waals surface area contributed by atoms with Crippen molar-refractivity contribution in [2.24, 2.45) is 7.05 Å². The van der Waals surface area contributed by atoms with Crippen molar-refractivity contribution in [3.63, 3.8) is 0 Å². The van der Waals surface area contributed by atoms with Crippen molar-refractivity contribution in [3.8, 4) is 0 Å². The van der Waals surface area contributed by atoms with Crippen LogP contribution in [0.1, 0.15) is 40.8 Å². The molecule has 2 aromatic rings. The Morgan fingerprint density at radius 1 is 1.43 bits per heavy atom. The molecule has 1 saturated heterocycles. The zero-order valence-corrected chi connectivity index (χ0v) is 13.4. The average molecular weight is 316 g/mol. The molecule has 8 nitrogen and oxygen atoms in total. The molecule has 1 fully saturated rings. The molecule has 2 atom stereocenters. The first-order chi connectivity index (χ1) is 11.0. The van der Waals surface area contributed by atoms with Gasteiger partial charge in [0, 0.05) is 38.6 Å². The van der Waals surface area contributed by atoms with Gasteiger partial charge in [-0.05, 0) is 13.3 Å². The van der Waals surface area contributed by atoms with Gasteiger partial charge in [-0.3, -0.25) is 14.7 Å². The van der Waals surface area contributed by atoms with Crippen LogP contribution in [0.2, 0.25) is 0 Å². The minimum absolute atomic E-state index is 0.0583. The Morgan fingerprint density at radius 2 is 2.22 bits per heavy atom. The van der Waals surface area contributed by atoms with Crippen LogP contribution in [0.15, 0.2) is 18.6 Å². The molecule has 3 rings (SSSR count). The van der Waals surface area contributed by atoms with Crippen LogP contribution in [0.5, 0.6) is 0 Å². The number of amides is 2. The Balaban J connectivity index is 1.87. The van der Waals surface area contributed by atoms with Gasteiger partial charge in [-0.25, -0.2) is 4.98 Å². The number of imidazole rings is 1. The van der Waals surface area contributed by atoms with Crippen molar-refractivity contribution in [2.75, 3.05) is 7.05 Å². The average Bonchev–Trinajstić information content (AvgIpc) is 3.12. The van der Waals surface area contributed by atoms with Crippen LogP contribution in [0.3, 0.4) is 0 Å². The van der Waals surface area contributed by atoms with Gasteiger partial charge in [0.05, 0.1) is 17.8 Å². The molecule has 0 unspecified atom stereocenters. The van der Waals surface area contributed by atoms with Gasteiger partial charge in [-0.1, -0.05) is 0 Å². The van der Waals surface area contributed by atoms with E-state index in [1.807, 2.05) is 17.8 Å². The molecule has 0 aromatic carbocycles. The summed E-state index contributed by atoms with van der Waals surface area (Å²) >= 11 is 0. The van der Waals surface area contributed by atoms with Crippen molar-refractivity contribution in [1.82, 2.24) is 30.0 Å². The molecule has 0 radical (unpaired) electrons. The third-order valence-electron chi connectivity index (χ3n) is 4.38. The summed E-state index contributed by atoms with van der Waals surface area (Å²) in [6.45, 7) is 1.80. The first-order valence-electron chi connectivity index (χ1n) is 7.52. The van der Waals surface area contributed by atoms with Crippen molar-refractivity contribution in [2.45, 2.75) is 31.8 Å². The number of hydrogen-bond acceptors (Lipinski definition) is 4. The summed E-state index contributed by atoms with van der Waals surface area (Å²) < 4.78 is 1.88. The van der Waals surface area contributed by atoms with Crippen LogP contribution in [-0.4, -0.2) is 49.6 Å². The summed E-state index contributed by atoms with van der Waals surface area (Å²) in [4.78, 5) is 30.6. The highest BCUT2D eigenvalue weighted by Gasteiger charge is 2.38. The van der Waals surface area contributed by atoms with E-state index in [1.54, 1.807) is 25.1 Å². The number of nitrogens with zero attached hydrogens (tertiary/aromatic N) is 4. The molecule has 2 aromatic heterocycles. The Bertz CT molecular complexity index is 734. The summed E-state index contributed by atoms with van der Waals surface area (Å²) in [6.07, 6.45) is 6.04. The molecule has 122 valence electrons. The molecule has 1 aliphatic heterocycles. The molecular formula is C15H20N6O2. The number of carbonyl (C=O) groups excluding carboxylic acids is 2. The molecule has 3 heterocycles. The number of piperidine rings is 1. The lowest BCUT2D eigenvalue weighted by Crippen LogP contribution is -2.51. The van der Waals surface area contributed by atoms with E-state index in [1.165, 1.54) is 6.20 Å². The molecule has 2 N–H and O–H groups in total. The highest BCUT2D eigenvalue weighted by molar-refractivity contribution is 5.95. The highest BCUT2D eigenvalue weighted by atomic mass is 16.2. The quantitative estimate of drug-likeness (QED) is 0.864. The topological polar surface area (TPSA) is 95.9 Å². The van der Waals surface area contributed by atoms with Crippen LogP contribution in [0.4, 0.5) is 0 Å². The number of aryl methyl sites for hydroxylation is 2. The third kappa shape index (κ3) is 2.71. The van der Waals surface area contributed by atoms with Crippen molar-refractivity contribution in [1.29, 1.82) is 0 Å². The summed E-state index contributed by atoms with van der Waals surface area (Å²) in [5, 5.41) is 9.67. The van der Waals surface area contributed by atoms with Gasteiger partial charge >= 0.3 is 0 Å². The number of aromatic nitrogens is 4. The van der Waals surface area contributed by atoms with E-state index in [2.05, 4.69) is 20.5 Å². The Kier molecular flexibility index (Phi) is 3.89. The first kappa shape index (κ1) is 15.3. The third-order valence-corrected chi connectivity index (χ3v) is 4.38. The minimum Gasteiger partial charge on any atom is -0.347 e. The van der Waals surface area contributed by atoms with Crippen LogP contribution >= 0.6 is 0 Å². The van der Waals surface area contributed by atoms with Crippen LogP contribution in [0, 0.1) is 6.92 Å². The second kappa shape index (κ2) is 5.86. The fourth-order valence-electron chi connectivity index (χ4n) is 3.03. The van der Waals surface area contributed by atoms with Gasteiger partial charge in [-0.2, -0.15) is 5.10 Å². The van der Waals surface area contributed by atoms with E-state index in [4.69, 9.17) is 0 Å². The second-order valence-electron chi connectivity index (χ2n) is 5.87. The van der Waals surface area contributed by atoms with E-state index in [0.717, 1.165) is 11.5 Å². The summed E-state index contributed by atoms with van der Waals surface area (Å²) in [5.41, 5.74) is 1.24. The number of rotatable bonds is 3. The van der Waals surface area contributed by atoms with Gasteiger partial charge in [-0.15, -0.1) is 0 Å². The summed E-state index contributed by atoms with van der Waals surface area (Å²) in [5.74, 6) is 0.626. The summed E-state index contributed by atoms with van der Waals surface area (Å²) in [6, 6.07) is -0.479. The van der Waals surface area contributed by atoms with E-state index in [9.17, 15) is 9.59 Å². The largest absolute Gasteiger partial charge is 0.347 e. The zero-order chi connectivity index (χ0) is 16.6. The maximum atomic E-state index is 12.5. The molecule has 1 aliphatic rings. The Hall–Kier alpha value is -2.64. The molecule has 0 aliphatic carbocycles. The Labute approximate surface area is 133 Å². The fraction of sp³-hybridized carbons (Fsp3) is 0.467. The van der Waals surface area contributed by atoms with E-state index >= 15 is 0 Å². The number of carbonyl (C=O) groups is 2. The standard InChI is InChI=1S/C15H20N6O2/c1-9-10(8-17-19-9)15(23)18-11-4-5-12(22)21(3)13(11)14-16-6-7-20(14)2/h6-8,11,13H,4-5H2,1-3H3,(H,17,19)(H,18,23)/t11-,13-/m1/s1. The molecule has 0 saturated carbocycles. The zero-order valence-electron chi connectivity index (χ0n) is 13.4. The molecule has 8 heteroatoms. The lowest BCUT2D eigenvalue weighted by Gasteiger charge is -2.38. The van der Waals surface area contributed by atoms with Crippen molar-refractivity contribution >= 4 is 11.8 Å². The van der Waals surface area contributed by atoms with Gasteiger partial charge < -0.3 is 14.8 Å². The maximum absolute atomic E-state index is 12.5. The predicted octanol–water partition coefficient (Wildman–Crippen LogP) is 0.544. The van der Waals surface area contributed by atoms with Crippen LogP contribution in [0.25, 0.3) is 0 Å². The number of aromatic amines is 1. The van der Waals surface area contributed by atoms with E-state index < -0.39 is 0 Å². The molecule has 23 heavy (non-hydrogen) atoms. The van der Waals surface area contributed by atoms with Crippen molar-refractivity contribution in [3.05, 3.63) is 35.7 Å². The van der Waals surface area contributed by atoms with Gasteiger partial charge in [0.2, 0.25) is 5.91 Å². The number of hydrogen-bond donors (Lipinski definition) is 2. The fourth-order valence-corrected chi connectivity index (χ4v) is 3.03. The normalized spacial score (nSPS) is 21.5. The van der Waals surface area contributed by atoms with Crippen LogP contribution < -0.4 is 5.32 Å².